The Kier molecular flexibility index (Phi) is 4.55. The van der Waals surface area contributed by atoms with E-state index in [1.807, 2.05) is 0 Å². The Morgan fingerprint density at radius 1 is 1.55 bits per heavy atom. The molecule has 0 radical (unpaired) electrons. The Morgan fingerprint density at radius 3 is 2.85 bits per heavy atom. The van der Waals surface area contributed by atoms with Gasteiger partial charge in [0, 0.05) is 12.6 Å². The van der Waals surface area contributed by atoms with Gasteiger partial charge < -0.3 is 15.6 Å². The first-order valence-corrected chi connectivity index (χ1v) is 7.97. The van der Waals surface area contributed by atoms with Crippen molar-refractivity contribution < 1.29 is 18.3 Å². The lowest BCUT2D eigenvalue weighted by Crippen LogP contribution is -2.51. The Hall–Kier alpha value is -0.860. The van der Waals surface area contributed by atoms with Crippen LogP contribution in [0.1, 0.15) is 6.92 Å². The Balaban J connectivity index is 2.35. The van der Waals surface area contributed by atoms with Crippen LogP contribution in [0.25, 0.3) is 0 Å². The molecule has 1 aromatic carbocycles. The molecule has 2 unspecified atom stereocenters. The number of halogens is 1. The molecule has 3 N–H and O–H groups in total. The average Bonchev–Trinajstić information content (AvgIpc) is 2.42. The zero-order valence-corrected chi connectivity index (χ0v) is 12.6. The molecular weight excluding hydrogens is 304 g/mol. The lowest BCUT2D eigenvalue weighted by molar-refractivity contribution is -0.0516. The molecule has 2 rings (SSSR count). The number of morpholine rings is 1. The van der Waals surface area contributed by atoms with Gasteiger partial charge in [-0.2, -0.15) is 4.31 Å². The summed E-state index contributed by atoms with van der Waals surface area (Å²) in [6.45, 7) is 1.89. The third-order valence-electron chi connectivity index (χ3n) is 3.23. The van der Waals surface area contributed by atoms with E-state index in [0.29, 0.717) is 5.02 Å². The van der Waals surface area contributed by atoms with Gasteiger partial charge >= 0.3 is 0 Å². The van der Waals surface area contributed by atoms with Gasteiger partial charge in [-0.15, -0.1) is 0 Å². The normalized spacial score (nSPS) is 24.8. The molecule has 0 aromatic heterocycles. The highest BCUT2D eigenvalue weighted by atomic mass is 35.5. The molecule has 0 spiro atoms. The number of aliphatic hydroxyl groups excluding tert-OH is 1. The van der Waals surface area contributed by atoms with Crippen LogP contribution in [0.4, 0.5) is 5.69 Å². The molecule has 0 saturated carbocycles. The van der Waals surface area contributed by atoms with Crippen LogP contribution in [-0.4, -0.2) is 49.7 Å². The van der Waals surface area contributed by atoms with Crippen LogP contribution in [0, 0.1) is 0 Å². The summed E-state index contributed by atoms with van der Waals surface area (Å²) in [5.74, 6) is 0. The van der Waals surface area contributed by atoms with Gasteiger partial charge in [-0.05, 0) is 25.1 Å². The smallest absolute Gasteiger partial charge is 0.243 e. The van der Waals surface area contributed by atoms with Crippen LogP contribution in [0.2, 0.25) is 5.02 Å². The van der Waals surface area contributed by atoms with Crippen LogP contribution in [0.5, 0.6) is 0 Å². The molecule has 20 heavy (non-hydrogen) atoms. The third-order valence-corrected chi connectivity index (χ3v) is 5.55. The number of nitrogens with two attached hydrogens (primary N) is 1. The third kappa shape index (κ3) is 2.91. The lowest BCUT2D eigenvalue weighted by Gasteiger charge is -2.36. The SMILES string of the molecule is CC1COC(CO)CN1S(=O)(=O)c1ccc(Cl)c(N)c1. The van der Waals surface area contributed by atoms with Crippen molar-refractivity contribution in [3.05, 3.63) is 23.2 Å². The maximum absolute atomic E-state index is 12.6. The quantitative estimate of drug-likeness (QED) is 0.799. The molecule has 2 atom stereocenters. The first-order chi connectivity index (χ1) is 9.36. The molecule has 0 aliphatic carbocycles. The van der Waals surface area contributed by atoms with Crippen LogP contribution < -0.4 is 5.73 Å². The summed E-state index contributed by atoms with van der Waals surface area (Å²) in [5.41, 5.74) is 5.87. The molecule has 8 heteroatoms. The summed E-state index contributed by atoms with van der Waals surface area (Å²) in [7, 11) is -3.69. The van der Waals surface area contributed by atoms with Crippen LogP contribution in [-0.2, 0) is 14.8 Å². The molecule has 1 heterocycles. The Bertz CT molecular complexity index is 593. The highest BCUT2D eigenvalue weighted by Crippen LogP contribution is 2.27. The Labute approximate surface area is 123 Å². The van der Waals surface area contributed by atoms with Gasteiger partial charge in [0.1, 0.15) is 0 Å². The topological polar surface area (TPSA) is 92.9 Å². The van der Waals surface area contributed by atoms with Crippen molar-refractivity contribution in [1.29, 1.82) is 0 Å². The van der Waals surface area contributed by atoms with Crippen molar-refractivity contribution in [2.45, 2.75) is 24.0 Å². The van der Waals surface area contributed by atoms with Crippen molar-refractivity contribution in [2.24, 2.45) is 0 Å². The molecule has 1 aliphatic heterocycles. The van der Waals surface area contributed by atoms with Gasteiger partial charge in [0.25, 0.3) is 0 Å². The second-order valence-electron chi connectivity index (χ2n) is 4.74. The van der Waals surface area contributed by atoms with Crippen LogP contribution in [0.15, 0.2) is 23.1 Å². The van der Waals surface area contributed by atoms with E-state index in [0.717, 1.165) is 0 Å². The highest BCUT2D eigenvalue weighted by molar-refractivity contribution is 7.89. The largest absolute Gasteiger partial charge is 0.397 e. The van der Waals surface area contributed by atoms with E-state index in [1.165, 1.54) is 22.5 Å². The minimum absolute atomic E-state index is 0.0878. The number of nitrogen functional groups attached to an aromatic ring is 1. The van der Waals surface area contributed by atoms with E-state index in [9.17, 15) is 8.42 Å². The molecular formula is C12H17ClN2O4S. The van der Waals surface area contributed by atoms with Crippen molar-refractivity contribution in [3.8, 4) is 0 Å². The van der Waals surface area contributed by atoms with E-state index >= 15 is 0 Å². The summed E-state index contributed by atoms with van der Waals surface area (Å²) >= 11 is 5.80. The van der Waals surface area contributed by atoms with Crippen molar-refractivity contribution in [1.82, 2.24) is 4.31 Å². The van der Waals surface area contributed by atoms with Gasteiger partial charge in [0.05, 0.1) is 34.9 Å². The molecule has 1 aliphatic rings. The fourth-order valence-electron chi connectivity index (χ4n) is 2.05. The predicted octanol–water partition coefficient (Wildman–Crippen LogP) is 0.692. The molecule has 6 nitrogen and oxygen atoms in total. The van der Waals surface area contributed by atoms with E-state index in [4.69, 9.17) is 27.2 Å². The number of sulfonamides is 1. The van der Waals surface area contributed by atoms with Crippen molar-refractivity contribution in [3.63, 3.8) is 0 Å². The number of benzene rings is 1. The van der Waals surface area contributed by atoms with E-state index in [1.54, 1.807) is 6.92 Å². The predicted molar refractivity (Wildman–Crippen MR) is 76.0 cm³/mol. The van der Waals surface area contributed by atoms with Gasteiger partial charge in [-0.25, -0.2) is 8.42 Å². The average molecular weight is 321 g/mol. The monoisotopic (exact) mass is 320 g/mol. The molecule has 0 amide bonds. The molecule has 1 aromatic rings. The zero-order chi connectivity index (χ0) is 14.9. The number of hydrogen-bond acceptors (Lipinski definition) is 5. The van der Waals surface area contributed by atoms with Crippen LogP contribution >= 0.6 is 11.6 Å². The van der Waals surface area contributed by atoms with Crippen LogP contribution in [0.3, 0.4) is 0 Å². The Morgan fingerprint density at radius 2 is 2.25 bits per heavy atom. The van der Waals surface area contributed by atoms with Crippen molar-refractivity contribution in [2.75, 3.05) is 25.5 Å². The maximum atomic E-state index is 12.6. The van der Waals surface area contributed by atoms with Gasteiger partial charge in [-0.1, -0.05) is 11.6 Å². The summed E-state index contributed by atoms with van der Waals surface area (Å²) < 4.78 is 31.9. The number of nitrogens with zero attached hydrogens (tertiary/aromatic N) is 1. The number of ether oxygens (including phenoxy) is 1. The highest BCUT2D eigenvalue weighted by Gasteiger charge is 2.35. The van der Waals surface area contributed by atoms with Crippen molar-refractivity contribution >= 4 is 27.3 Å². The van der Waals surface area contributed by atoms with Gasteiger partial charge in [-0.3, -0.25) is 0 Å². The molecule has 1 fully saturated rings. The number of aliphatic hydroxyl groups is 1. The first-order valence-electron chi connectivity index (χ1n) is 6.15. The van der Waals surface area contributed by atoms with E-state index in [2.05, 4.69) is 0 Å². The van der Waals surface area contributed by atoms with E-state index < -0.39 is 16.1 Å². The molecule has 112 valence electrons. The van der Waals surface area contributed by atoms with Gasteiger partial charge in [0.15, 0.2) is 0 Å². The van der Waals surface area contributed by atoms with E-state index in [-0.39, 0.29) is 36.4 Å². The number of anilines is 1. The molecule has 1 saturated heterocycles. The summed E-state index contributed by atoms with van der Waals surface area (Å²) in [6, 6.07) is 3.91. The second kappa shape index (κ2) is 5.87. The fraction of sp³-hybridized carbons (Fsp3) is 0.500. The lowest BCUT2D eigenvalue weighted by atomic mass is 10.2. The second-order valence-corrected chi connectivity index (χ2v) is 7.04. The van der Waals surface area contributed by atoms with Gasteiger partial charge in [0.2, 0.25) is 10.0 Å². The maximum Gasteiger partial charge on any atom is 0.243 e. The standard InChI is InChI=1S/C12H17ClN2O4S/c1-8-7-19-9(6-16)5-15(8)20(17,18)10-2-3-11(13)12(14)4-10/h2-4,8-9,16H,5-7,14H2,1H3. The summed E-state index contributed by atoms with van der Waals surface area (Å²) in [5, 5.41) is 9.44. The fourth-order valence-corrected chi connectivity index (χ4v) is 3.86. The number of rotatable bonds is 3. The first kappa shape index (κ1) is 15.5. The molecule has 0 bridgehead atoms. The summed E-state index contributed by atoms with van der Waals surface area (Å²) in [4.78, 5) is 0.0878. The minimum Gasteiger partial charge on any atom is -0.397 e. The minimum atomic E-state index is -3.69. The zero-order valence-electron chi connectivity index (χ0n) is 11.0. The number of hydrogen-bond donors (Lipinski definition) is 2. The summed E-state index contributed by atoms with van der Waals surface area (Å²) in [6.07, 6.45) is -0.509.